The highest BCUT2D eigenvalue weighted by Gasteiger charge is 2.26. The van der Waals surface area contributed by atoms with E-state index < -0.39 is 11.7 Å². The molecule has 236 valence electrons. The van der Waals surface area contributed by atoms with Gasteiger partial charge in [0.1, 0.15) is 22.6 Å². The summed E-state index contributed by atoms with van der Waals surface area (Å²) in [5.41, 5.74) is 6.41. The number of hydrogen-bond acceptors (Lipinski definition) is 6. The van der Waals surface area contributed by atoms with Crippen LogP contribution in [0.5, 0.6) is 11.6 Å². The standard InChI is InChI=1S/C36H37FN6O3/c1-22-10-15-29(24(16-22)20-43(2)3)23-6-4-7-28(17-23)46-36-31(18-25(37)19-38-36)35(45)42-27-13-11-26(12-14-27)41-34(44)30-8-5-9-32-33(30)40-21-39-32/h4-10,15-19,21,26-27H,11-14,20H2,1-3H3,(H,39,40)(H,41,44)(H,42,45)/t26-,27+. The van der Waals surface area contributed by atoms with Crippen molar-refractivity contribution >= 4 is 22.8 Å². The Bertz CT molecular complexity index is 1880. The van der Waals surface area contributed by atoms with Crippen molar-refractivity contribution in [2.75, 3.05) is 14.1 Å². The molecule has 2 heterocycles. The van der Waals surface area contributed by atoms with Crippen LogP contribution >= 0.6 is 0 Å². The lowest BCUT2D eigenvalue weighted by molar-refractivity contribution is 0.0890. The molecule has 0 atom stereocenters. The molecule has 1 aliphatic carbocycles. The predicted octanol–water partition coefficient (Wildman–Crippen LogP) is 6.40. The lowest BCUT2D eigenvalue weighted by Gasteiger charge is -2.29. The van der Waals surface area contributed by atoms with Gasteiger partial charge in [0, 0.05) is 18.6 Å². The number of pyridine rings is 1. The number of aromatic amines is 1. The van der Waals surface area contributed by atoms with E-state index in [1.54, 1.807) is 18.5 Å². The molecule has 2 amide bonds. The number of ether oxygens (including phenoxy) is 1. The molecule has 0 radical (unpaired) electrons. The summed E-state index contributed by atoms with van der Waals surface area (Å²) in [6.07, 6.45) is 5.33. The molecule has 1 saturated carbocycles. The predicted molar refractivity (Wildman–Crippen MR) is 175 cm³/mol. The van der Waals surface area contributed by atoms with Gasteiger partial charge in [0.05, 0.1) is 23.6 Å². The maximum absolute atomic E-state index is 14.3. The van der Waals surface area contributed by atoms with Crippen molar-refractivity contribution in [1.29, 1.82) is 0 Å². The smallest absolute Gasteiger partial charge is 0.257 e. The Labute approximate surface area is 267 Å². The van der Waals surface area contributed by atoms with Crippen LogP contribution in [0.15, 0.2) is 79.3 Å². The highest BCUT2D eigenvalue weighted by Crippen LogP contribution is 2.31. The molecule has 3 aromatic carbocycles. The largest absolute Gasteiger partial charge is 0.438 e. The van der Waals surface area contributed by atoms with Crippen LogP contribution in [-0.4, -0.2) is 57.8 Å². The van der Waals surface area contributed by atoms with Gasteiger partial charge >= 0.3 is 0 Å². The maximum atomic E-state index is 14.3. The number of halogens is 1. The number of nitrogens with one attached hydrogen (secondary N) is 3. The first-order valence-corrected chi connectivity index (χ1v) is 15.5. The highest BCUT2D eigenvalue weighted by atomic mass is 19.1. The Morgan fingerprint density at radius 1 is 0.913 bits per heavy atom. The molecule has 0 saturated heterocycles. The number of fused-ring (bicyclic) bond motifs is 1. The Balaban J connectivity index is 1.11. The van der Waals surface area contributed by atoms with Crippen LogP contribution in [0.4, 0.5) is 4.39 Å². The zero-order valence-corrected chi connectivity index (χ0v) is 26.1. The fourth-order valence-corrected chi connectivity index (χ4v) is 6.04. The SMILES string of the molecule is Cc1ccc(-c2cccc(Oc3ncc(F)cc3C(=O)N[C@H]3CC[C@@H](NC(=O)c4cccc5[nH]cnc45)CC3)c2)c(CN(C)C)c1. The molecule has 0 bridgehead atoms. The molecule has 0 aliphatic heterocycles. The third-order valence-corrected chi connectivity index (χ3v) is 8.26. The number of carbonyl (C=O) groups excluding carboxylic acids is 2. The molecular formula is C36H37FN6O3. The van der Waals surface area contributed by atoms with Gasteiger partial charge in [-0.15, -0.1) is 0 Å². The van der Waals surface area contributed by atoms with Gasteiger partial charge in [-0.25, -0.2) is 14.4 Å². The summed E-state index contributed by atoms with van der Waals surface area (Å²) in [4.78, 5) is 39.9. The minimum atomic E-state index is -0.627. The number of benzene rings is 3. The number of imidazole rings is 1. The zero-order chi connectivity index (χ0) is 32.2. The molecule has 5 aromatic rings. The second-order valence-corrected chi connectivity index (χ2v) is 12.1. The van der Waals surface area contributed by atoms with Gasteiger partial charge in [-0.1, -0.05) is 42.0 Å². The Hall–Kier alpha value is -5.09. The van der Waals surface area contributed by atoms with Gasteiger partial charge in [0.25, 0.3) is 11.8 Å². The number of rotatable bonds is 9. The normalized spacial score (nSPS) is 16.4. The molecule has 0 spiro atoms. The average molecular weight is 621 g/mol. The number of aryl methyl sites for hydroxylation is 1. The number of aromatic nitrogens is 3. The molecule has 0 unspecified atom stereocenters. The molecule has 3 N–H and O–H groups in total. The summed E-state index contributed by atoms with van der Waals surface area (Å²) in [5.74, 6) is -0.732. The maximum Gasteiger partial charge on any atom is 0.257 e. The summed E-state index contributed by atoms with van der Waals surface area (Å²) >= 11 is 0. The van der Waals surface area contributed by atoms with Crippen molar-refractivity contribution in [2.45, 2.75) is 51.2 Å². The average Bonchev–Trinajstić information content (AvgIpc) is 3.52. The van der Waals surface area contributed by atoms with Crippen molar-refractivity contribution in [3.63, 3.8) is 0 Å². The molecule has 1 fully saturated rings. The van der Waals surface area contributed by atoms with Crippen LogP contribution in [0.25, 0.3) is 22.2 Å². The summed E-state index contributed by atoms with van der Waals surface area (Å²) in [5, 5.41) is 6.14. The van der Waals surface area contributed by atoms with E-state index in [2.05, 4.69) is 55.6 Å². The quantitative estimate of drug-likeness (QED) is 0.176. The third-order valence-electron chi connectivity index (χ3n) is 8.26. The Morgan fingerprint density at radius 3 is 2.37 bits per heavy atom. The van der Waals surface area contributed by atoms with Crippen LogP contribution in [-0.2, 0) is 6.54 Å². The number of hydrogen-bond donors (Lipinski definition) is 3. The van der Waals surface area contributed by atoms with Crippen molar-refractivity contribution in [3.8, 4) is 22.8 Å². The van der Waals surface area contributed by atoms with Crippen LogP contribution in [0.2, 0.25) is 0 Å². The first-order valence-electron chi connectivity index (χ1n) is 15.5. The van der Waals surface area contributed by atoms with E-state index >= 15 is 0 Å². The van der Waals surface area contributed by atoms with E-state index in [1.165, 1.54) is 11.1 Å². The van der Waals surface area contributed by atoms with Crippen molar-refractivity contribution < 1.29 is 18.7 Å². The summed E-state index contributed by atoms with van der Waals surface area (Å²) in [7, 11) is 4.07. The zero-order valence-electron chi connectivity index (χ0n) is 26.1. The fraction of sp³-hybridized carbons (Fsp3) is 0.278. The van der Waals surface area contributed by atoms with Gasteiger partial charge < -0.3 is 25.3 Å². The van der Waals surface area contributed by atoms with Crippen LogP contribution in [0, 0.1) is 12.7 Å². The highest BCUT2D eigenvalue weighted by molar-refractivity contribution is 6.04. The number of amides is 2. The van der Waals surface area contributed by atoms with Gasteiger partial charge in [0.15, 0.2) is 0 Å². The number of para-hydroxylation sites is 1. The monoisotopic (exact) mass is 620 g/mol. The molecule has 6 rings (SSSR count). The molecule has 9 nitrogen and oxygen atoms in total. The van der Waals surface area contributed by atoms with E-state index in [-0.39, 0.29) is 29.4 Å². The van der Waals surface area contributed by atoms with E-state index in [0.29, 0.717) is 42.5 Å². The van der Waals surface area contributed by atoms with E-state index in [4.69, 9.17) is 4.74 Å². The number of nitrogens with zero attached hydrogens (tertiary/aromatic N) is 3. The topological polar surface area (TPSA) is 112 Å². The Morgan fingerprint density at radius 2 is 1.63 bits per heavy atom. The van der Waals surface area contributed by atoms with Crippen molar-refractivity contribution in [3.05, 3.63) is 107 Å². The molecule has 46 heavy (non-hydrogen) atoms. The molecular weight excluding hydrogens is 583 g/mol. The van der Waals surface area contributed by atoms with Crippen LogP contribution in [0.1, 0.15) is 57.5 Å². The lowest BCUT2D eigenvalue weighted by atomic mass is 9.90. The minimum absolute atomic E-state index is 0.0244. The van der Waals surface area contributed by atoms with E-state index in [9.17, 15) is 14.0 Å². The van der Waals surface area contributed by atoms with Gasteiger partial charge in [-0.3, -0.25) is 9.59 Å². The van der Waals surface area contributed by atoms with E-state index in [1.807, 2.05) is 44.4 Å². The molecule has 10 heteroatoms. The summed E-state index contributed by atoms with van der Waals surface area (Å²) < 4.78 is 20.4. The third kappa shape index (κ3) is 7.07. The minimum Gasteiger partial charge on any atom is -0.438 e. The Kier molecular flexibility index (Phi) is 9.07. The molecule has 1 aliphatic rings. The van der Waals surface area contributed by atoms with Gasteiger partial charge in [-0.05, 0) is 93.7 Å². The lowest BCUT2D eigenvalue weighted by Crippen LogP contribution is -2.44. The van der Waals surface area contributed by atoms with Crippen LogP contribution < -0.4 is 15.4 Å². The van der Waals surface area contributed by atoms with E-state index in [0.717, 1.165) is 35.5 Å². The van der Waals surface area contributed by atoms with Crippen molar-refractivity contribution in [2.24, 2.45) is 0 Å². The second kappa shape index (κ2) is 13.5. The van der Waals surface area contributed by atoms with Crippen LogP contribution in [0.3, 0.4) is 0 Å². The summed E-state index contributed by atoms with van der Waals surface area (Å²) in [6, 6.07) is 20.4. The van der Waals surface area contributed by atoms with Gasteiger partial charge in [-0.2, -0.15) is 0 Å². The van der Waals surface area contributed by atoms with Crippen molar-refractivity contribution in [1.82, 2.24) is 30.5 Å². The fourth-order valence-electron chi connectivity index (χ4n) is 6.04. The molecule has 2 aromatic heterocycles. The first kappa shape index (κ1) is 30.9. The summed E-state index contributed by atoms with van der Waals surface area (Å²) in [6.45, 7) is 2.85. The first-order chi connectivity index (χ1) is 22.2. The van der Waals surface area contributed by atoms with Gasteiger partial charge in [0.2, 0.25) is 5.88 Å². The number of carbonyl (C=O) groups is 2. The second-order valence-electron chi connectivity index (χ2n) is 12.1. The number of H-pyrrole nitrogens is 1.